The van der Waals surface area contributed by atoms with Crippen LogP contribution in [0.4, 0.5) is 4.39 Å². The molecule has 0 aromatic heterocycles. The van der Waals surface area contributed by atoms with Gasteiger partial charge in [-0.25, -0.2) is 4.39 Å². The van der Waals surface area contributed by atoms with Crippen LogP contribution in [0.2, 0.25) is 0 Å². The van der Waals surface area contributed by atoms with Crippen molar-refractivity contribution in [1.29, 1.82) is 0 Å². The Morgan fingerprint density at radius 1 is 1.35 bits per heavy atom. The van der Waals surface area contributed by atoms with Gasteiger partial charge in [-0.15, -0.1) is 0 Å². The molecule has 0 bridgehead atoms. The van der Waals surface area contributed by atoms with E-state index >= 15 is 0 Å². The van der Waals surface area contributed by atoms with Crippen molar-refractivity contribution in [3.63, 3.8) is 0 Å². The Morgan fingerprint density at radius 3 is 2.53 bits per heavy atom. The zero-order chi connectivity index (χ0) is 13.1. The van der Waals surface area contributed by atoms with Gasteiger partial charge in [0.1, 0.15) is 5.82 Å². The summed E-state index contributed by atoms with van der Waals surface area (Å²) in [6.45, 7) is 7.63. The summed E-state index contributed by atoms with van der Waals surface area (Å²) < 4.78 is 13.1. The lowest BCUT2D eigenvalue weighted by molar-refractivity contribution is 0.273. The maximum Gasteiger partial charge on any atom is 0.126 e. The molecule has 0 saturated carbocycles. The molecule has 0 unspecified atom stereocenters. The minimum atomic E-state index is -0.173. The van der Waals surface area contributed by atoms with Gasteiger partial charge >= 0.3 is 0 Å². The average molecular weight is 238 g/mol. The van der Waals surface area contributed by atoms with Gasteiger partial charge in [-0.1, -0.05) is 12.1 Å². The molecule has 2 N–H and O–H groups in total. The highest BCUT2D eigenvalue weighted by Gasteiger charge is 2.13. The molecule has 0 aliphatic heterocycles. The Hall–Kier alpha value is -0.930. The molecule has 1 aromatic carbocycles. The molecule has 0 aliphatic rings. The Kier molecular flexibility index (Phi) is 4.66. The van der Waals surface area contributed by atoms with Gasteiger partial charge in [0.25, 0.3) is 0 Å². The average Bonchev–Trinajstić information content (AvgIpc) is 2.17. The van der Waals surface area contributed by atoms with E-state index in [1.54, 1.807) is 6.92 Å². The Morgan fingerprint density at radius 2 is 2.00 bits per heavy atom. The summed E-state index contributed by atoms with van der Waals surface area (Å²) in [6, 6.07) is 5.30. The minimum absolute atomic E-state index is 0.134. The summed E-state index contributed by atoms with van der Waals surface area (Å²) in [7, 11) is 2.06. The fraction of sp³-hybridized carbons (Fsp3) is 0.571. The van der Waals surface area contributed by atoms with Crippen LogP contribution in [-0.4, -0.2) is 30.6 Å². The van der Waals surface area contributed by atoms with E-state index in [4.69, 9.17) is 5.73 Å². The maximum absolute atomic E-state index is 13.1. The van der Waals surface area contributed by atoms with E-state index in [9.17, 15) is 4.39 Å². The highest BCUT2D eigenvalue weighted by Crippen LogP contribution is 2.10. The van der Waals surface area contributed by atoms with E-state index in [0.29, 0.717) is 5.56 Å². The molecule has 0 amide bonds. The van der Waals surface area contributed by atoms with Gasteiger partial charge in [0.15, 0.2) is 0 Å². The summed E-state index contributed by atoms with van der Waals surface area (Å²) in [6.07, 6.45) is 0.924. The van der Waals surface area contributed by atoms with Crippen LogP contribution in [0.3, 0.4) is 0 Å². The lowest BCUT2D eigenvalue weighted by Crippen LogP contribution is -2.44. The zero-order valence-electron chi connectivity index (χ0n) is 11.3. The lowest BCUT2D eigenvalue weighted by Gasteiger charge is -2.26. The molecule has 96 valence electrons. The highest BCUT2D eigenvalue weighted by molar-refractivity contribution is 5.24. The van der Waals surface area contributed by atoms with Crippen molar-refractivity contribution in [2.24, 2.45) is 5.73 Å². The van der Waals surface area contributed by atoms with E-state index < -0.39 is 0 Å². The Labute approximate surface area is 104 Å². The van der Waals surface area contributed by atoms with Gasteiger partial charge < -0.3 is 10.6 Å². The fourth-order valence-electron chi connectivity index (χ4n) is 1.96. The van der Waals surface area contributed by atoms with E-state index in [1.165, 1.54) is 11.6 Å². The molecule has 0 radical (unpaired) electrons. The van der Waals surface area contributed by atoms with Gasteiger partial charge in [-0.3, -0.25) is 0 Å². The van der Waals surface area contributed by atoms with Crippen LogP contribution in [0.25, 0.3) is 0 Å². The molecular weight excluding hydrogens is 215 g/mol. The van der Waals surface area contributed by atoms with Crippen LogP contribution in [-0.2, 0) is 6.42 Å². The van der Waals surface area contributed by atoms with Gasteiger partial charge in [-0.2, -0.15) is 0 Å². The number of nitrogens with two attached hydrogens (primary N) is 1. The number of nitrogens with zero attached hydrogens (tertiary/aromatic N) is 1. The molecule has 2 nitrogen and oxygen atoms in total. The van der Waals surface area contributed by atoms with Crippen molar-refractivity contribution >= 4 is 0 Å². The standard InChI is InChI=1S/C14H23FN2/c1-11-9-12(5-6-13(11)15)7-8-17(4)10-14(2,3)16/h5-6,9H,7-8,10,16H2,1-4H3. The van der Waals surface area contributed by atoms with Crippen molar-refractivity contribution in [2.75, 3.05) is 20.1 Å². The largest absolute Gasteiger partial charge is 0.324 e. The predicted molar refractivity (Wildman–Crippen MR) is 70.6 cm³/mol. The van der Waals surface area contributed by atoms with Gasteiger partial charge in [0.05, 0.1) is 0 Å². The molecule has 3 heteroatoms. The molecule has 0 heterocycles. The molecule has 0 saturated heterocycles. The monoisotopic (exact) mass is 238 g/mol. The van der Waals surface area contributed by atoms with Gasteiger partial charge in [0.2, 0.25) is 0 Å². The second-order valence-electron chi connectivity index (χ2n) is 5.56. The normalized spacial score (nSPS) is 12.2. The van der Waals surface area contributed by atoms with Crippen LogP contribution in [0, 0.1) is 12.7 Å². The zero-order valence-corrected chi connectivity index (χ0v) is 11.3. The van der Waals surface area contributed by atoms with E-state index in [2.05, 4.69) is 11.9 Å². The van der Waals surface area contributed by atoms with E-state index in [1.807, 2.05) is 26.0 Å². The Bertz CT molecular complexity index is 369. The molecule has 0 spiro atoms. The van der Waals surface area contributed by atoms with E-state index in [-0.39, 0.29) is 11.4 Å². The van der Waals surface area contributed by atoms with Crippen LogP contribution in [0.5, 0.6) is 0 Å². The first-order chi connectivity index (χ1) is 7.78. The third-order valence-electron chi connectivity index (χ3n) is 2.68. The minimum Gasteiger partial charge on any atom is -0.324 e. The SMILES string of the molecule is Cc1cc(CCN(C)CC(C)(C)N)ccc1F. The number of benzene rings is 1. The van der Waals surface area contributed by atoms with Crippen LogP contribution in [0.15, 0.2) is 18.2 Å². The summed E-state index contributed by atoms with van der Waals surface area (Å²) in [5.74, 6) is -0.134. The number of hydrogen-bond acceptors (Lipinski definition) is 2. The van der Waals surface area contributed by atoms with Crippen LogP contribution < -0.4 is 5.73 Å². The summed E-state index contributed by atoms with van der Waals surface area (Å²) in [5, 5.41) is 0. The second kappa shape index (κ2) is 5.61. The van der Waals surface area contributed by atoms with Crippen molar-refractivity contribution in [1.82, 2.24) is 4.90 Å². The van der Waals surface area contributed by atoms with Crippen molar-refractivity contribution in [3.8, 4) is 0 Å². The molecule has 17 heavy (non-hydrogen) atoms. The van der Waals surface area contributed by atoms with Gasteiger partial charge in [0, 0.05) is 18.6 Å². The first-order valence-electron chi connectivity index (χ1n) is 6.00. The third kappa shape index (κ3) is 5.29. The number of hydrogen-bond donors (Lipinski definition) is 1. The number of halogens is 1. The smallest absolute Gasteiger partial charge is 0.126 e. The topological polar surface area (TPSA) is 29.3 Å². The summed E-state index contributed by atoms with van der Waals surface area (Å²) >= 11 is 0. The lowest BCUT2D eigenvalue weighted by atomic mass is 10.1. The molecular formula is C14H23FN2. The van der Waals surface area contributed by atoms with Crippen molar-refractivity contribution in [3.05, 3.63) is 35.1 Å². The number of rotatable bonds is 5. The summed E-state index contributed by atoms with van der Waals surface area (Å²) in [4.78, 5) is 2.21. The molecule has 1 aromatic rings. The van der Waals surface area contributed by atoms with Crippen molar-refractivity contribution in [2.45, 2.75) is 32.7 Å². The molecule has 0 atom stereocenters. The van der Waals surface area contributed by atoms with Crippen molar-refractivity contribution < 1.29 is 4.39 Å². The fourth-order valence-corrected chi connectivity index (χ4v) is 1.96. The molecule has 1 rings (SSSR count). The summed E-state index contributed by atoms with van der Waals surface area (Å²) in [5.41, 5.74) is 7.67. The maximum atomic E-state index is 13.1. The van der Waals surface area contributed by atoms with Crippen LogP contribution in [0.1, 0.15) is 25.0 Å². The predicted octanol–water partition coefficient (Wildman–Crippen LogP) is 2.35. The van der Waals surface area contributed by atoms with E-state index in [0.717, 1.165) is 19.5 Å². The highest BCUT2D eigenvalue weighted by atomic mass is 19.1. The first-order valence-corrected chi connectivity index (χ1v) is 6.00. The van der Waals surface area contributed by atoms with Crippen LogP contribution >= 0.6 is 0 Å². The number of aryl methyl sites for hydroxylation is 1. The quantitative estimate of drug-likeness (QED) is 0.853. The second-order valence-corrected chi connectivity index (χ2v) is 5.56. The Balaban J connectivity index is 2.47. The number of likely N-dealkylation sites (N-methyl/N-ethyl adjacent to an activating group) is 1. The molecule has 0 fully saturated rings. The van der Waals surface area contributed by atoms with Gasteiger partial charge in [-0.05, 0) is 51.4 Å². The first kappa shape index (κ1) is 14.1. The molecule has 0 aliphatic carbocycles. The third-order valence-corrected chi connectivity index (χ3v) is 2.68.